The van der Waals surface area contributed by atoms with Gasteiger partial charge in [0.25, 0.3) is 0 Å². The van der Waals surface area contributed by atoms with Crippen molar-refractivity contribution in [2.24, 2.45) is 0 Å². The molecule has 0 atom stereocenters. The first-order valence-corrected chi connectivity index (χ1v) is 26.4. The summed E-state index contributed by atoms with van der Waals surface area (Å²) in [5.41, 5.74) is 8.05. The summed E-state index contributed by atoms with van der Waals surface area (Å²) in [6.07, 6.45) is 7.93. The van der Waals surface area contributed by atoms with Crippen molar-refractivity contribution in [1.29, 1.82) is 0 Å². The van der Waals surface area contributed by atoms with Crippen LogP contribution in [-0.2, 0) is 19.7 Å². The number of ether oxygens (including phenoxy) is 2. The van der Waals surface area contributed by atoms with Crippen LogP contribution in [0, 0.1) is 0 Å². The van der Waals surface area contributed by atoms with Crippen LogP contribution in [0.5, 0.6) is 23.0 Å². The number of anilines is 4. The van der Waals surface area contributed by atoms with Crippen molar-refractivity contribution in [3.8, 4) is 23.0 Å². The highest BCUT2D eigenvalue weighted by Crippen LogP contribution is 2.48. The quantitative estimate of drug-likeness (QED) is 0.125. The molecule has 0 spiro atoms. The minimum Gasteiger partial charge on any atom is -0.453 e. The van der Waals surface area contributed by atoms with Crippen LogP contribution < -0.4 is 19.3 Å². The van der Waals surface area contributed by atoms with Crippen molar-refractivity contribution in [3.05, 3.63) is 213 Å². The van der Waals surface area contributed by atoms with E-state index < -0.39 is 19.7 Å². The van der Waals surface area contributed by atoms with Gasteiger partial charge in [0.2, 0.25) is 19.7 Å². The third kappa shape index (κ3) is 9.82. The zero-order valence-electron chi connectivity index (χ0n) is 37.0. The summed E-state index contributed by atoms with van der Waals surface area (Å²) in [6.45, 7) is 5.94. The van der Waals surface area contributed by atoms with Gasteiger partial charge in [0, 0.05) is 22.0 Å². The second-order valence-electron chi connectivity index (χ2n) is 15.8. The lowest BCUT2D eigenvalue weighted by Gasteiger charge is -2.32. The SMILES string of the molecule is CCN1c2ccccc2Oc2cc(/C=C/c3ccc(S(=O)(=O)c4ccc(Br)cc4)cc3)ccc21.CCN1c2ccccc2Oc2cc(/C=C/c3ccc(S(=O)(=O)c4ccc(Br)cc4)cc3)ccc21. The molecule has 8 aromatic carbocycles. The Balaban J connectivity index is 0.000000170. The second kappa shape index (κ2) is 19.9. The van der Waals surface area contributed by atoms with E-state index in [0.29, 0.717) is 0 Å². The van der Waals surface area contributed by atoms with E-state index in [1.807, 2.05) is 97.1 Å². The van der Waals surface area contributed by atoms with Gasteiger partial charge in [-0.1, -0.05) is 117 Å². The normalized spacial score (nSPS) is 12.8. The van der Waals surface area contributed by atoms with E-state index in [0.717, 1.165) is 90.0 Å². The third-order valence-electron chi connectivity index (χ3n) is 11.5. The first-order chi connectivity index (χ1) is 32.9. The van der Waals surface area contributed by atoms with E-state index in [-0.39, 0.29) is 19.6 Å². The van der Waals surface area contributed by atoms with E-state index in [9.17, 15) is 16.8 Å². The molecule has 0 unspecified atom stereocenters. The van der Waals surface area contributed by atoms with Gasteiger partial charge in [-0.3, -0.25) is 0 Å². The highest BCUT2D eigenvalue weighted by Gasteiger charge is 2.25. The van der Waals surface area contributed by atoms with Crippen LogP contribution in [0.4, 0.5) is 22.7 Å². The molecule has 8 nitrogen and oxygen atoms in total. The summed E-state index contributed by atoms with van der Waals surface area (Å²) in [6, 6.07) is 55.5. The average Bonchev–Trinajstić information content (AvgIpc) is 3.36. The van der Waals surface area contributed by atoms with Gasteiger partial charge in [-0.05, 0) is 157 Å². The smallest absolute Gasteiger partial charge is 0.206 e. The molecule has 0 N–H and O–H groups in total. The Morgan fingerprint density at radius 1 is 0.382 bits per heavy atom. The number of fused-ring (bicyclic) bond motifs is 4. The first-order valence-electron chi connectivity index (χ1n) is 21.9. The summed E-state index contributed by atoms with van der Waals surface area (Å²) in [5, 5.41) is 0. The molecule has 340 valence electrons. The van der Waals surface area contributed by atoms with Crippen LogP contribution in [-0.4, -0.2) is 29.9 Å². The molecular weight excluding hydrogens is 1020 g/mol. The van der Waals surface area contributed by atoms with Gasteiger partial charge in [-0.25, -0.2) is 16.8 Å². The Hall–Kier alpha value is -6.70. The first kappa shape index (κ1) is 46.4. The number of nitrogens with zero attached hydrogens (tertiary/aromatic N) is 2. The van der Waals surface area contributed by atoms with Gasteiger partial charge in [0.1, 0.15) is 0 Å². The Bertz CT molecular complexity index is 3180. The van der Waals surface area contributed by atoms with Gasteiger partial charge < -0.3 is 19.3 Å². The lowest BCUT2D eigenvalue weighted by Crippen LogP contribution is -2.20. The zero-order chi connectivity index (χ0) is 47.4. The van der Waals surface area contributed by atoms with Crippen molar-refractivity contribution >= 4 is 98.6 Å². The van der Waals surface area contributed by atoms with Crippen molar-refractivity contribution in [1.82, 2.24) is 0 Å². The molecule has 0 bridgehead atoms. The summed E-state index contributed by atoms with van der Waals surface area (Å²) >= 11 is 6.67. The highest BCUT2D eigenvalue weighted by molar-refractivity contribution is 9.10. The lowest BCUT2D eigenvalue weighted by atomic mass is 10.1. The largest absolute Gasteiger partial charge is 0.453 e. The van der Waals surface area contributed by atoms with Crippen LogP contribution in [0.1, 0.15) is 36.1 Å². The minimum absolute atomic E-state index is 0.271. The Morgan fingerprint density at radius 2 is 0.676 bits per heavy atom. The predicted octanol–water partition coefficient (Wildman–Crippen LogP) is 15.4. The van der Waals surface area contributed by atoms with Crippen LogP contribution >= 0.6 is 31.9 Å². The fourth-order valence-electron chi connectivity index (χ4n) is 7.99. The molecule has 68 heavy (non-hydrogen) atoms. The molecule has 8 aromatic rings. The lowest BCUT2D eigenvalue weighted by molar-refractivity contribution is 0.473. The van der Waals surface area contributed by atoms with Crippen molar-refractivity contribution in [2.45, 2.75) is 33.4 Å². The van der Waals surface area contributed by atoms with E-state index in [1.54, 1.807) is 72.8 Å². The van der Waals surface area contributed by atoms with Crippen LogP contribution in [0.25, 0.3) is 24.3 Å². The topological polar surface area (TPSA) is 93.2 Å². The van der Waals surface area contributed by atoms with Crippen LogP contribution in [0.15, 0.2) is 211 Å². The number of benzene rings is 8. The van der Waals surface area contributed by atoms with Gasteiger partial charge in [-0.2, -0.15) is 0 Å². The molecule has 0 saturated carbocycles. The maximum absolute atomic E-state index is 12.9. The molecule has 0 amide bonds. The zero-order valence-corrected chi connectivity index (χ0v) is 41.8. The maximum atomic E-state index is 12.9. The number of sulfone groups is 2. The van der Waals surface area contributed by atoms with Gasteiger partial charge in [0.15, 0.2) is 23.0 Å². The number of hydrogen-bond donors (Lipinski definition) is 0. The molecule has 0 aliphatic carbocycles. The monoisotopic (exact) mass is 1060 g/mol. The fraction of sp³-hybridized carbons (Fsp3) is 0.0714. The van der Waals surface area contributed by atoms with E-state index in [4.69, 9.17) is 9.47 Å². The molecule has 0 aromatic heterocycles. The number of rotatable bonds is 10. The maximum Gasteiger partial charge on any atom is 0.206 e. The number of halogens is 2. The number of para-hydroxylation sites is 4. The standard InChI is InChI=1S/2C28H22BrNO3S/c2*1-2-30-25-5-3-4-6-27(25)33-28-19-21(11-18-26(28)30)8-7-20-9-14-23(15-10-20)34(31,32)24-16-12-22(29)13-17-24/h2*3-19H,2H2,1H3/b2*8-7+. The molecule has 10 rings (SSSR count). The average molecular weight is 1060 g/mol. The summed E-state index contributed by atoms with van der Waals surface area (Å²) in [7, 11) is -7.10. The molecular formula is C56H44Br2N2O6S2. The van der Waals surface area contributed by atoms with Crippen molar-refractivity contribution in [2.75, 3.05) is 22.9 Å². The minimum atomic E-state index is -3.55. The molecule has 2 heterocycles. The summed E-state index contributed by atoms with van der Waals surface area (Å²) < 4.78 is 65.4. The molecule has 0 radical (unpaired) electrons. The summed E-state index contributed by atoms with van der Waals surface area (Å²) in [4.78, 5) is 5.57. The fourth-order valence-corrected chi connectivity index (χ4v) is 11.0. The Morgan fingerprint density at radius 3 is 1.03 bits per heavy atom. The van der Waals surface area contributed by atoms with Crippen LogP contribution in [0.2, 0.25) is 0 Å². The van der Waals surface area contributed by atoms with Crippen LogP contribution in [0.3, 0.4) is 0 Å². The van der Waals surface area contributed by atoms with Gasteiger partial charge >= 0.3 is 0 Å². The molecule has 0 saturated heterocycles. The van der Waals surface area contributed by atoms with Gasteiger partial charge in [0.05, 0.1) is 42.3 Å². The number of hydrogen-bond acceptors (Lipinski definition) is 8. The van der Waals surface area contributed by atoms with Gasteiger partial charge in [-0.15, -0.1) is 0 Å². The Labute approximate surface area is 414 Å². The van der Waals surface area contributed by atoms with Crippen molar-refractivity contribution in [3.63, 3.8) is 0 Å². The van der Waals surface area contributed by atoms with Crippen molar-refractivity contribution < 1.29 is 26.3 Å². The second-order valence-corrected chi connectivity index (χ2v) is 21.5. The molecule has 2 aliphatic heterocycles. The molecule has 12 heteroatoms. The highest BCUT2D eigenvalue weighted by atomic mass is 79.9. The third-order valence-corrected chi connectivity index (χ3v) is 16.1. The molecule has 2 aliphatic rings. The Kier molecular flexibility index (Phi) is 13.6. The molecule has 0 fully saturated rings. The predicted molar refractivity (Wildman–Crippen MR) is 281 cm³/mol. The van der Waals surface area contributed by atoms with E-state index in [1.165, 1.54) is 0 Å². The van der Waals surface area contributed by atoms with E-state index >= 15 is 0 Å². The summed E-state index contributed by atoms with van der Waals surface area (Å²) in [5.74, 6) is 3.33. The van der Waals surface area contributed by atoms with E-state index in [2.05, 4.69) is 91.9 Å².